The second-order valence-corrected chi connectivity index (χ2v) is 18.2. The van der Waals surface area contributed by atoms with Gasteiger partial charge in [0.05, 0.1) is 0 Å². The molecular formula is C65H46. The molecule has 12 aromatic rings. The van der Waals surface area contributed by atoms with Gasteiger partial charge in [-0.05, 0) is 181 Å². The molecule has 0 saturated carbocycles. The van der Waals surface area contributed by atoms with E-state index in [1.54, 1.807) is 0 Å². The molecular weight excluding hydrogens is 781 g/mol. The predicted octanol–water partition coefficient (Wildman–Crippen LogP) is 18.4. The molecule has 0 radical (unpaired) electrons. The highest BCUT2D eigenvalue weighted by Gasteiger charge is 2.41. The fourth-order valence-corrected chi connectivity index (χ4v) is 11.8. The average molecular weight is 827 g/mol. The van der Waals surface area contributed by atoms with Crippen LogP contribution in [0.15, 0.2) is 218 Å². The van der Waals surface area contributed by atoms with E-state index in [9.17, 15) is 0 Å². The Balaban J connectivity index is 0.901. The second kappa shape index (κ2) is 14.6. The van der Waals surface area contributed by atoms with Crippen molar-refractivity contribution in [2.24, 2.45) is 0 Å². The van der Waals surface area contributed by atoms with Crippen LogP contribution >= 0.6 is 0 Å². The quantitative estimate of drug-likeness (QED) is 0.147. The Morgan fingerprint density at radius 3 is 1.06 bits per heavy atom. The number of benzene rings is 12. The standard InChI is InChI=1S/C65H46/c1-3-65(4-2)63-37-45(43-17-13-19-47(35-43)59-39-61-49-21-7-5-15-41(49)27-31-55(61)51-23-9-11-25-53(51)59)29-33-57(63)58-34-30-46(38-64(58)65)44-18-14-20-48(36-44)60-40-62-50-22-8-6-16-42(50)28-32-56(62)52-24-10-12-26-54(52)60/h5-40H,3-4H2,1-2H3. The van der Waals surface area contributed by atoms with Crippen molar-refractivity contribution in [1.82, 2.24) is 0 Å². The van der Waals surface area contributed by atoms with Gasteiger partial charge in [0.15, 0.2) is 0 Å². The Morgan fingerprint density at radius 2 is 0.615 bits per heavy atom. The zero-order valence-corrected chi connectivity index (χ0v) is 36.7. The lowest BCUT2D eigenvalue weighted by Crippen LogP contribution is -2.23. The lowest BCUT2D eigenvalue weighted by Gasteiger charge is -2.30. The molecule has 0 fully saturated rings. The molecule has 0 atom stereocenters. The predicted molar refractivity (Wildman–Crippen MR) is 280 cm³/mol. The summed E-state index contributed by atoms with van der Waals surface area (Å²) in [4.78, 5) is 0. The van der Waals surface area contributed by atoms with Crippen LogP contribution in [0.5, 0.6) is 0 Å². The number of rotatable bonds is 6. The van der Waals surface area contributed by atoms with Gasteiger partial charge in [0.2, 0.25) is 0 Å². The van der Waals surface area contributed by atoms with E-state index in [2.05, 4.69) is 232 Å². The largest absolute Gasteiger partial charge is 0.0642 e. The molecule has 0 bridgehead atoms. The number of hydrogen-bond acceptors (Lipinski definition) is 0. The van der Waals surface area contributed by atoms with E-state index in [-0.39, 0.29) is 5.41 Å². The molecule has 0 amide bonds. The highest BCUT2D eigenvalue weighted by molar-refractivity contribution is 6.22. The monoisotopic (exact) mass is 826 g/mol. The molecule has 0 nitrogen and oxygen atoms in total. The summed E-state index contributed by atoms with van der Waals surface area (Å²) in [5.41, 5.74) is 15.6. The van der Waals surface area contributed by atoms with Crippen LogP contribution in [0.2, 0.25) is 0 Å². The Morgan fingerprint density at radius 1 is 0.246 bits per heavy atom. The van der Waals surface area contributed by atoms with Gasteiger partial charge in [-0.2, -0.15) is 0 Å². The van der Waals surface area contributed by atoms with E-state index >= 15 is 0 Å². The zero-order valence-electron chi connectivity index (χ0n) is 36.7. The topological polar surface area (TPSA) is 0 Å². The SMILES string of the molecule is CCC1(CC)c2cc(-c3cccc(-c4cc5c6ccccc6ccc5c5ccccc45)c3)ccc2-c2ccc(-c3cccc(-c4cc5c6ccccc6ccc5c5ccccc45)c3)cc21. The van der Waals surface area contributed by atoms with Crippen LogP contribution in [0.25, 0.3) is 120 Å². The first-order valence-electron chi connectivity index (χ1n) is 23.3. The fourth-order valence-electron chi connectivity index (χ4n) is 11.8. The zero-order chi connectivity index (χ0) is 43.2. The Kier molecular flexibility index (Phi) is 8.49. The molecule has 0 aromatic heterocycles. The smallest absolute Gasteiger partial charge is 0.0210 e. The summed E-state index contributed by atoms with van der Waals surface area (Å²) in [6, 6.07) is 82.3. The fraction of sp³-hybridized carbons (Fsp3) is 0.0769. The molecule has 0 spiro atoms. The second-order valence-electron chi connectivity index (χ2n) is 18.2. The first kappa shape index (κ1) is 37.7. The Bertz CT molecular complexity index is 3660. The lowest BCUT2D eigenvalue weighted by molar-refractivity contribution is 0.491. The summed E-state index contributed by atoms with van der Waals surface area (Å²) in [7, 11) is 0. The van der Waals surface area contributed by atoms with E-state index in [1.807, 2.05) is 0 Å². The molecule has 0 aliphatic heterocycles. The van der Waals surface area contributed by atoms with Crippen LogP contribution in [0.4, 0.5) is 0 Å². The number of fused-ring (bicyclic) bond motifs is 13. The van der Waals surface area contributed by atoms with E-state index in [0.717, 1.165) is 12.8 Å². The summed E-state index contributed by atoms with van der Waals surface area (Å²) in [5.74, 6) is 0. The minimum absolute atomic E-state index is 0.0862. The van der Waals surface area contributed by atoms with E-state index in [4.69, 9.17) is 0 Å². The van der Waals surface area contributed by atoms with Crippen LogP contribution in [0, 0.1) is 0 Å². The first-order chi connectivity index (χ1) is 32.1. The van der Waals surface area contributed by atoms with E-state index in [1.165, 1.54) is 131 Å². The van der Waals surface area contributed by atoms with Crippen molar-refractivity contribution in [1.29, 1.82) is 0 Å². The van der Waals surface area contributed by atoms with Crippen molar-refractivity contribution in [2.75, 3.05) is 0 Å². The van der Waals surface area contributed by atoms with Gasteiger partial charge in [-0.1, -0.05) is 196 Å². The maximum atomic E-state index is 2.52. The van der Waals surface area contributed by atoms with Crippen LogP contribution in [0.3, 0.4) is 0 Å². The van der Waals surface area contributed by atoms with Crippen LogP contribution < -0.4 is 0 Å². The third-order valence-corrected chi connectivity index (χ3v) is 15.1. The molecule has 65 heavy (non-hydrogen) atoms. The van der Waals surface area contributed by atoms with Crippen LogP contribution in [-0.2, 0) is 5.41 Å². The van der Waals surface area contributed by atoms with Crippen molar-refractivity contribution >= 4 is 64.6 Å². The molecule has 1 aliphatic rings. The van der Waals surface area contributed by atoms with E-state index in [0.29, 0.717) is 0 Å². The van der Waals surface area contributed by atoms with Gasteiger partial charge in [0.25, 0.3) is 0 Å². The van der Waals surface area contributed by atoms with Crippen LogP contribution in [-0.4, -0.2) is 0 Å². The minimum Gasteiger partial charge on any atom is -0.0642 e. The molecule has 1 aliphatic carbocycles. The highest BCUT2D eigenvalue weighted by Crippen LogP contribution is 2.54. The van der Waals surface area contributed by atoms with Gasteiger partial charge >= 0.3 is 0 Å². The first-order valence-corrected chi connectivity index (χ1v) is 23.3. The van der Waals surface area contributed by atoms with Gasteiger partial charge in [0, 0.05) is 5.41 Å². The molecule has 0 heteroatoms. The highest BCUT2D eigenvalue weighted by atomic mass is 14.4. The normalized spacial score (nSPS) is 13.0. The van der Waals surface area contributed by atoms with Gasteiger partial charge in [-0.15, -0.1) is 0 Å². The summed E-state index contributed by atoms with van der Waals surface area (Å²) >= 11 is 0. The maximum absolute atomic E-state index is 2.52. The third-order valence-electron chi connectivity index (χ3n) is 15.1. The molecule has 13 rings (SSSR count). The van der Waals surface area contributed by atoms with Crippen molar-refractivity contribution in [3.05, 3.63) is 230 Å². The van der Waals surface area contributed by atoms with Crippen molar-refractivity contribution in [3.63, 3.8) is 0 Å². The lowest BCUT2D eigenvalue weighted by atomic mass is 9.73. The summed E-state index contributed by atoms with van der Waals surface area (Å²) in [6.07, 6.45) is 2.06. The minimum atomic E-state index is -0.0862. The maximum Gasteiger partial charge on any atom is 0.0210 e. The van der Waals surface area contributed by atoms with Crippen LogP contribution in [0.1, 0.15) is 37.8 Å². The summed E-state index contributed by atoms with van der Waals surface area (Å²) in [5, 5.41) is 15.5. The summed E-state index contributed by atoms with van der Waals surface area (Å²) < 4.78 is 0. The van der Waals surface area contributed by atoms with Crippen molar-refractivity contribution < 1.29 is 0 Å². The molecule has 306 valence electrons. The van der Waals surface area contributed by atoms with Gasteiger partial charge in [-0.25, -0.2) is 0 Å². The Labute approximate surface area is 380 Å². The third kappa shape index (κ3) is 5.70. The number of hydrogen-bond donors (Lipinski definition) is 0. The van der Waals surface area contributed by atoms with Gasteiger partial charge in [-0.3, -0.25) is 0 Å². The van der Waals surface area contributed by atoms with Crippen molar-refractivity contribution in [2.45, 2.75) is 32.1 Å². The molecule has 0 unspecified atom stereocenters. The molecule has 0 N–H and O–H groups in total. The summed E-state index contributed by atoms with van der Waals surface area (Å²) in [6.45, 7) is 4.76. The Hall–Kier alpha value is -7.80. The average Bonchev–Trinajstić information content (AvgIpc) is 3.66. The van der Waals surface area contributed by atoms with E-state index < -0.39 is 0 Å². The molecule has 0 saturated heterocycles. The van der Waals surface area contributed by atoms with Gasteiger partial charge in [0.1, 0.15) is 0 Å². The van der Waals surface area contributed by atoms with Crippen molar-refractivity contribution in [3.8, 4) is 55.6 Å². The molecule has 12 aromatic carbocycles. The molecule has 0 heterocycles. The van der Waals surface area contributed by atoms with Gasteiger partial charge < -0.3 is 0 Å².